The zero-order chi connectivity index (χ0) is 14.5. The van der Waals surface area contributed by atoms with E-state index in [1.165, 1.54) is 6.07 Å². The summed E-state index contributed by atoms with van der Waals surface area (Å²) in [6, 6.07) is 14.5. The Bertz CT molecular complexity index is 603. The van der Waals surface area contributed by atoms with Crippen molar-refractivity contribution in [1.82, 2.24) is 5.32 Å². The third kappa shape index (κ3) is 3.52. The van der Waals surface area contributed by atoms with Crippen molar-refractivity contribution in [2.24, 2.45) is 0 Å². The maximum Gasteiger partial charge on any atom is 0.161 e. The Hall–Kier alpha value is -2.07. The van der Waals surface area contributed by atoms with Gasteiger partial charge >= 0.3 is 0 Å². The van der Waals surface area contributed by atoms with Crippen LogP contribution in [-0.2, 0) is 6.54 Å². The summed E-state index contributed by atoms with van der Waals surface area (Å²) < 4.78 is 25.1. The highest BCUT2D eigenvalue weighted by Crippen LogP contribution is 2.30. The van der Waals surface area contributed by atoms with Gasteiger partial charge in [-0.25, -0.2) is 4.39 Å². The number of para-hydroxylation sites is 2. The third-order valence-electron chi connectivity index (χ3n) is 3.49. The first-order chi connectivity index (χ1) is 10.3. The summed E-state index contributed by atoms with van der Waals surface area (Å²) in [5.41, 5.74) is 0.669. The van der Waals surface area contributed by atoms with Crippen molar-refractivity contribution in [1.29, 1.82) is 0 Å². The molecule has 1 N–H and O–H groups in total. The predicted octanol–water partition coefficient (Wildman–Crippen LogP) is 3.15. The van der Waals surface area contributed by atoms with Gasteiger partial charge in [-0.05, 0) is 18.2 Å². The summed E-state index contributed by atoms with van der Waals surface area (Å²) in [5, 5.41) is 3.25. The Morgan fingerprint density at radius 1 is 1.05 bits per heavy atom. The molecular weight excluding hydrogens is 269 g/mol. The molecule has 1 aliphatic heterocycles. The second-order valence-electron chi connectivity index (χ2n) is 5.05. The quantitative estimate of drug-likeness (QED) is 0.937. The van der Waals surface area contributed by atoms with Gasteiger partial charge in [0.05, 0.1) is 6.61 Å². The van der Waals surface area contributed by atoms with E-state index in [1.807, 2.05) is 30.3 Å². The van der Waals surface area contributed by atoms with Crippen LogP contribution in [-0.4, -0.2) is 19.3 Å². The average molecular weight is 287 g/mol. The number of rotatable bonds is 4. The monoisotopic (exact) mass is 287 g/mol. The molecule has 4 heteroatoms. The van der Waals surface area contributed by atoms with Gasteiger partial charge in [0, 0.05) is 25.1 Å². The molecular formula is C17H18FNO2. The summed E-state index contributed by atoms with van der Waals surface area (Å²) in [6.45, 7) is 1.78. The zero-order valence-electron chi connectivity index (χ0n) is 11.7. The lowest BCUT2D eigenvalue weighted by Crippen LogP contribution is -2.31. The molecule has 0 radical (unpaired) electrons. The molecule has 0 fully saturated rings. The molecule has 1 heterocycles. The summed E-state index contributed by atoms with van der Waals surface area (Å²) in [5.74, 6) is 1.38. The summed E-state index contributed by atoms with van der Waals surface area (Å²) in [4.78, 5) is 0. The smallest absolute Gasteiger partial charge is 0.161 e. The molecule has 1 atom stereocenters. The lowest BCUT2D eigenvalue weighted by atomic mass is 10.2. The number of hydrogen-bond donors (Lipinski definition) is 1. The standard InChI is InChI=1S/C17H18FNO2/c18-15-6-2-1-5-13(15)11-19-12-14-9-10-20-16-7-3-4-8-17(16)21-14/h1-8,14,19H,9-12H2. The van der Waals surface area contributed by atoms with E-state index in [0.717, 1.165) is 17.9 Å². The van der Waals surface area contributed by atoms with E-state index < -0.39 is 0 Å². The van der Waals surface area contributed by atoms with E-state index in [4.69, 9.17) is 9.47 Å². The number of ether oxygens (including phenoxy) is 2. The molecule has 2 aromatic rings. The molecule has 0 amide bonds. The van der Waals surface area contributed by atoms with Gasteiger partial charge in [-0.15, -0.1) is 0 Å². The van der Waals surface area contributed by atoms with Crippen molar-refractivity contribution in [2.45, 2.75) is 19.1 Å². The normalized spacial score (nSPS) is 17.3. The SMILES string of the molecule is Fc1ccccc1CNCC1CCOc2ccccc2O1. The molecule has 2 aromatic carbocycles. The van der Waals surface area contributed by atoms with Gasteiger partial charge in [0.2, 0.25) is 0 Å². The summed E-state index contributed by atoms with van der Waals surface area (Å²) >= 11 is 0. The molecule has 0 aliphatic carbocycles. The molecule has 0 saturated carbocycles. The van der Waals surface area contributed by atoms with Gasteiger partial charge in [-0.3, -0.25) is 0 Å². The minimum absolute atomic E-state index is 0.0282. The van der Waals surface area contributed by atoms with Crippen LogP contribution in [0.1, 0.15) is 12.0 Å². The highest BCUT2D eigenvalue weighted by molar-refractivity contribution is 5.40. The van der Waals surface area contributed by atoms with E-state index >= 15 is 0 Å². The molecule has 110 valence electrons. The van der Waals surface area contributed by atoms with Crippen LogP contribution in [0.2, 0.25) is 0 Å². The van der Waals surface area contributed by atoms with Gasteiger partial charge in [0.15, 0.2) is 11.5 Å². The Balaban J connectivity index is 1.55. The van der Waals surface area contributed by atoms with Crippen molar-refractivity contribution in [3.05, 3.63) is 59.9 Å². The molecule has 3 nitrogen and oxygen atoms in total. The zero-order valence-corrected chi connectivity index (χ0v) is 11.7. The van der Waals surface area contributed by atoms with Gasteiger partial charge in [0.25, 0.3) is 0 Å². The summed E-state index contributed by atoms with van der Waals surface area (Å²) in [7, 11) is 0. The van der Waals surface area contributed by atoms with E-state index in [-0.39, 0.29) is 11.9 Å². The Kier molecular flexibility index (Phi) is 4.36. The number of benzene rings is 2. The lowest BCUT2D eigenvalue weighted by molar-refractivity contribution is 0.187. The maximum absolute atomic E-state index is 13.5. The van der Waals surface area contributed by atoms with Crippen molar-refractivity contribution < 1.29 is 13.9 Å². The molecule has 0 saturated heterocycles. The Labute approximate surface area is 123 Å². The van der Waals surface area contributed by atoms with E-state index in [1.54, 1.807) is 12.1 Å². The first-order valence-electron chi connectivity index (χ1n) is 7.15. The van der Waals surface area contributed by atoms with Crippen LogP contribution in [0.25, 0.3) is 0 Å². The minimum atomic E-state index is -0.180. The largest absolute Gasteiger partial charge is 0.490 e. The second-order valence-corrected chi connectivity index (χ2v) is 5.05. The minimum Gasteiger partial charge on any atom is -0.490 e. The number of hydrogen-bond acceptors (Lipinski definition) is 3. The average Bonchev–Trinajstić information content (AvgIpc) is 2.71. The number of halogens is 1. The predicted molar refractivity (Wildman–Crippen MR) is 79.1 cm³/mol. The first-order valence-corrected chi connectivity index (χ1v) is 7.15. The third-order valence-corrected chi connectivity index (χ3v) is 3.49. The Morgan fingerprint density at radius 2 is 1.81 bits per heavy atom. The van der Waals surface area contributed by atoms with Crippen LogP contribution in [0.5, 0.6) is 11.5 Å². The van der Waals surface area contributed by atoms with Gasteiger partial charge < -0.3 is 14.8 Å². The van der Waals surface area contributed by atoms with Crippen molar-refractivity contribution in [3.63, 3.8) is 0 Å². The number of fused-ring (bicyclic) bond motifs is 1. The van der Waals surface area contributed by atoms with Gasteiger partial charge in [-0.1, -0.05) is 30.3 Å². The fraction of sp³-hybridized carbons (Fsp3) is 0.294. The summed E-state index contributed by atoms with van der Waals surface area (Å²) in [6.07, 6.45) is 0.833. The van der Waals surface area contributed by atoms with Crippen LogP contribution in [0.3, 0.4) is 0 Å². The van der Waals surface area contributed by atoms with Crippen LogP contribution < -0.4 is 14.8 Å². The van der Waals surface area contributed by atoms with Gasteiger partial charge in [0.1, 0.15) is 11.9 Å². The highest BCUT2D eigenvalue weighted by atomic mass is 19.1. The molecule has 0 spiro atoms. The second kappa shape index (κ2) is 6.59. The first kappa shape index (κ1) is 13.9. The number of nitrogens with one attached hydrogen (secondary N) is 1. The van der Waals surface area contributed by atoms with Gasteiger partial charge in [-0.2, -0.15) is 0 Å². The lowest BCUT2D eigenvalue weighted by Gasteiger charge is -2.17. The van der Waals surface area contributed by atoms with Crippen LogP contribution in [0.4, 0.5) is 4.39 Å². The maximum atomic E-state index is 13.5. The van der Waals surface area contributed by atoms with Crippen molar-refractivity contribution in [2.75, 3.05) is 13.2 Å². The molecule has 0 aromatic heterocycles. The highest BCUT2D eigenvalue weighted by Gasteiger charge is 2.17. The van der Waals surface area contributed by atoms with E-state index in [0.29, 0.717) is 25.3 Å². The molecule has 0 bridgehead atoms. The fourth-order valence-electron chi connectivity index (χ4n) is 2.36. The van der Waals surface area contributed by atoms with Crippen LogP contribution in [0, 0.1) is 5.82 Å². The van der Waals surface area contributed by atoms with Crippen LogP contribution >= 0.6 is 0 Å². The van der Waals surface area contributed by atoms with E-state index in [9.17, 15) is 4.39 Å². The van der Waals surface area contributed by atoms with Crippen molar-refractivity contribution >= 4 is 0 Å². The van der Waals surface area contributed by atoms with E-state index in [2.05, 4.69) is 5.32 Å². The molecule has 1 aliphatic rings. The fourth-order valence-corrected chi connectivity index (χ4v) is 2.36. The molecule has 21 heavy (non-hydrogen) atoms. The molecule has 1 unspecified atom stereocenters. The topological polar surface area (TPSA) is 30.5 Å². The van der Waals surface area contributed by atoms with Crippen molar-refractivity contribution in [3.8, 4) is 11.5 Å². The Morgan fingerprint density at radius 3 is 2.67 bits per heavy atom. The molecule has 3 rings (SSSR count). The van der Waals surface area contributed by atoms with Crippen LogP contribution in [0.15, 0.2) is 48.5 Å².